The third kappa shape index (κ3) is 2.52. The molecular weight excluding hydrogens is 192 g/mol. The number of aromatic nitrogens is 2. The summed E-state index contributed by atoms with van der Waals surface area (Å²) in [5.74, 6) is 1.97. The molecular formula is C11H14N2O2. The summed E-state index contributed by atoms with van der Waals surface area (Å²) in [5, 5.41) is 0. The van der Waals surface area contributed by atoms with Gasteiger partial charge in [0.15, 0.2) is 0 Å². The van der Waals surface area contributed by atoms with E-state index in [1.807, 2.05) is 0 Å². The van der Waals surface area contributed by atoms with E-state index in [0.717, 1.165) is 24.4 Å². The second-order valence-electron chi connectivity index (χ2n) is 3.91. The fourth-order valence-corrected chi connectivity index (χ4v) is 1.47. The molecule has 2 rings (SSSR count). The van der Waals surface area contributed by atoms with E-state index in [1.165, 1.54) is 0 Å². The molecule has 1 fully saturated rings. The van der Waals surface area contributed by atoms with Crippen LogP contribution >= 0.6 is 0 Å². The Morgan fingerprint density at radius 1 is 1.53 bits per heavy atom. The van der Waals surface area contributed by atoms with E-state index in [4.69, 9.17) is 4.74 Å². The fourth-order valence-electron chi connectivity index (χ4n) is 1.47. The maximum Gasteiger partial charge on any atom is 0.216 e. The number of carbonyl (C=O) groups excluding carboxylic acids is 1. The summed E-state index contributed by atoms with van der Waals surface area (Å²) < 4.78 is 5.09. The molecule has 0 aromatic carbocycles. The van der Waals surface area contributed by atoms with Crippen LogP contribution in [0.4, 0.5) is 0 Å². The van der Waals surface area contributed by atoms with Crippen molar-refractivity contribution < 1.29 is 9.53 Å². The number of nitrogens with zero attached hydrogens (tertiary/aromatic N) is 2. The lowest BCUT2D eigenvalue weighted by atomic mass is 10.2. The van der Waals surface area contributed by atoms with Gasteiger partial charge in [-0.05, 0) is 19.8 Å². The second-order valence-corrected chi connectivity index (χ2v) is 3.91. The monoisotopic (exact) mass is 206 g/mol. The highest BCUT2D eigenvalue weighted by Crippen LogP contribution is 2.38. The van der Waals surface area contributed by atoms with Crippen LogP contribution in [0.25, 0.3) is 0 Å². The number of Topliss-reactive ketones (excluding diaryl/α,β-unsaturated/α-hetero) is 1. The molecule has 1 aromatic heterocycles. The summed E-state index contributed by atoms with van der Waals surface area (Å²) in [6.07, 6.45) is 2.65. The van der Waals surface area contributed by atoms with Gasteiger partial charge >= 0.3 is 0 Å². The minimum Gasteiger partial charge on any atom is -0.481 e. The lowest BCUT2D eigenvalue weighted by Crippen LogP contribution is -2.04. The van der Waals surface area contributed by atoms with Crippen molar-refractivity contribution in [1.29, 1.82) is 0 Å². The first-order valence-corrected chi connectivity index (χ1v) is 5.10. The standard InChI is InChI=1S/C11H14N2O2/c1-7(14)5-9-6-10(15-2)13-11(12-9)8-3-4-8/h6,8H,3-5H2,1-2H3. The van der Waals surface area contributed by atoms with Crippen molar-refractivity contribution in [2.45, 2.75) is 32.1 Å². The van der Waals surface area contributed by atoms with Crippen LogP contribution in [-0.4, -0.2) is 22.9 Å². The zero-order valence-corrected chi connectivity index (χ0v) is 8.99. The molecule has 4 heteroatoms. The first kappa shape index (κ1) is 10.1. The molecule has 0 atom stereocenters. The highest BCUT2D eigenvalue weighted by Gasteiger charge is 2.27. The van der Waals surface area contributed by atoms with Gasteiger partial charge in [-0.1, -0.05) is 0 Å². The van der Waals surface area contributed by atoms with E-state index >= 15 is 0 Å². The number of ketones is 1. The molecule has 1 saturated carbocycles. The van der Waals surface area contributed by atoms with Crippen LogP contribution in [-0.2, 0) is 11.2 Å². The number of hydrogen-bond acceptors (Lipinski definition) is 4. The topological polar surface area (TPSA) is 52.1 Å². The summed E-state index contributed by atoms with van der Waals surface area (Å²) in [7, 11) is 1.58. The summed E-state index contributed by atoms with van der Waals surface area (Å²) >= 11 is 0. The number of hydrogen-bond donors (Lipinski definition) is 0. The largest absolute Gasteiger partial charge is 0.481 e. The van der Waals surface area contributed by atoms with Crippen LogP contribution in [0.1, 0.15) is 37.2 Å². The smallest absolute Gasteiger partial charge is 0.216 e. The third-order valence-corrected chi connectivity index (χ3v) is 2.35. The van der Waals surface area contributed by atoms with E-state index in [0.29, 0.717) is 18.2 Å². The van der Waals surface area contributed by atoms with Crippen LogP contribution in [0.15, 0.2) is 6.07 Å². The fraction of sp³-hybridized carbons (Fsp3) is 0.545. The van der Waals surface area contributed by atoms with Gasteiger partial charge in [0.1, 0.15) is 11.6 Å². The molecule has 4 nitrogen and oxygen atoms in total. The predicted molar refractivity (Wildman–Crippen MR) is 54.9 cm³/mol. The molecule has 1 heterocycles. The predicted octanol–water partition coefficient (Wildman–Crippen LogP) is 1.49. The third-order valence-electron chi connectivity index (χ3n) is 2.35. The molecule has 0 radical (unpaired) electrons. The maximum absolute atomic E-state index is 11.0. The zero-order chi connectivity index (χ0) is 10.8. The minimum absolute atomic E-state index is 0.109. The van der Waals surface area contributed by atoms with Gasteiger partial charge < -0.3 is 4.74 Å². The Balaban J connectivity index is 2.28. The lowest BCUT2D eigenvalue weighted by Gasteiger charge is -2.05. The molecule has 0 spiro atoms. The number of rotatable bonds is 4. The van der Waals surface area contributed by atoms with E-state index in [2.05, 4.69) is 9.97 Å². The zero-order valence-electron chi connectivity index (χ0n) is 8.99. The molecule has 1 aliphatic carbocycles. The van der Waals surface area contributed by atoms with Crippen molar-refractivity contribution in [1.82, 2.24) is 9.97 Å². The minimum atomic E-state index is 0.109. The van der Waals surface area contributed by atoms with Gasteiger partial charge in [0.2, 0.25) is 5.88 Å². The summed E-state index contributed by atoms with van der Waals surface area (Å²) in [4.78, 5) is 19.7. The first-order chi connectivity index (χ1) is 7.19. The van der Waals surface area contributed by atoms with Gasteiger partial charge in [0, 0.05) is 18.4 Å². The Hall–Kier alpha value is -1.45. The highest BCUT2D eigenvalue weighted by molar-refractivity contribution is 5.77. The molecule has 80 valence electrons. The lowest BCUT2D eigenvalue weighted by molar-refractivity contribution is -0.116. The molecule has 1 aliphatic rings. The van der Waals surface area contributed by atoms with Crippen LogP contribution in [0.3, 0.4) is 0 Å². The molecule has 15 heavy (non-hydrogen) atoms. The van der Waals surface area contributed by atoms with E-state index in [9.17, 15) is 4.79 Å². The quantitative estimate of drug-likeness (QED) is 0.749. The van der Waals surface area contributed by atoms with Crippen LogP contribution in [0.2, 0.25) is 0 Å². The summed E-state index contributed by atoms with van der Waals surface area (Å²) in [6.45, 7) is 1.56. The van der Waals surface area contributed by atoms with Crippen LogP contribution < -0.4 is 4.74 Å². The van der Waals surface area contributed by atoms with Gasteiger partial charge in [-0.2, -0.15) is 4.98 Å². The van der Waals surface area contributed by atoms with Crippen LogP contribution in [0.5, 0.6) is 5.88 Å². The van der Waals surface area contributed by atoms with Crippen LogP contribution in [0, 0.1) is 0 Å². The number of methoxy groups -OCH3 is 1. The van der Waals surface area contributed by atoms with Crippen molar-refractivity contribution in [3.05, 3.63) is 17.6 Å². The molecule has 0 amide bonds. The molecule has 0 N–H and O–H groups in total. The van der Waals surface area contributed by atoms with Crippen molar-refractivity contribution in [3.8, 4) is 5.88 Å². The summed E-state index contributed by atoms with van der Waals surface area (Å²) in [5.41, 5.74) is 0.760. The number of carbonyl (C=O) groups is 1. The average Bonchev–Trinajstić information content (AvgIpc) is 2.99. The molecule has 0 unspecified atom stereocenters. The Morgan fingerprint density at radius 3 is 2.80 bits per heavy atom. The average molecular weight is 206 g/mol. The normalized spacial score (nSPS) is 15.1. The van der Waals surface area contributed by atoms with Gasteiger partial charge in [0.05, 0.1) is 12.8 Å². The Kier molecular flexibility index (Phi) is 2.66. The maximum atomic E-state index is 11.0. The Bertz CT molecular complexity index is 386. The molecule has 0 saturated heterocycles. The first-order valence-electron chi connectivity index (χ1n) is 5.10. The van der Waals surface area contributed by atoms with Crippen molar-refractivity contribution in [2.24, 2.45) is 0 Å². The number of ether oxygens (including phenoxy) is 1. The second kappa shape index (κ2) is 3.96. The highest BCUT2D eigenvalue weighted by atomic mass is 16.5. The molecule has 0 bridgehead atoms. The SMILES string of the molecule is COc1cc(CC(C)=O)nc(C2CC2)n1. The van der Waals surface area contributed by atoms with E-state index < -0.39 is 0 Å². The summed E-state index contributed by atoms with van der Waals surface area (Å²) in [6, 6.07) is 1.73. The van der Waals surface area contributed by atoms with Gasteiger partial charge in [-0.15, -0.1) is 0 Å². The van der Waals surface area contributed by atoms with Crippen molar-refractivity contribution in [2.75, 3.05) is 7.11 Å². The van der Waals surface area contributed by atoms with Gasteiger partial charge in [-0.25, -0.2) is 4.98 Å². The van der Waals surface area contributed by atoms with Gasteiger partial charge in [0.25, 0.3) is 0 Å². The van der Waals surface area contributed by atoms with E-state index in [-0.39, 0.29) is 5.78 Å². The molecule has 0 aliphatic heterocycles. The Labute approximate surface area is 88.7 Å². The van der Waals surface area contributed by atoms with E-state index in [1.54, 1.807) is 20.1 Å². The van der Waals surface area contributed by atoms with Crippen molar-refractivity contribution in [3.63, 3.8) is 0 Å². The van der Waals surface area contributed by atoms with Crippen molar-refractivity contribution >= 4 is 5.78 Å². The van der Waals surface area contributed by atoms with Gasteiger partial charge in [-0.3, -0.25) is 4.79 Å². The Morgan fingerprint density at radius 2 is 2.27 bits per heavy atom. The molecule has 1 aromatic rings.